The van der Waals surface area contributed by atoms with Crippen molar-refractivity contribution < 1.29 is 13.9 Å². The monoisotopic (exact) mass is 412 g/mol. The molecule has 1 aromatic carbocycles. The van der Waals surface area contributed by atoms with Gasteiger partial charge in [0.25, 0.3) is 0 Å². The summed E-state index contributed by atoms with van der Waals surface area (Å²) >= 11 is 0. The fourth-order valence-electron chi connectivity index (χ4n) is 4.00. The molecule has 1 saturated heterocycles. The molecule has 1 N–H and O–H groups in total. The van der Waals surface area contributed by atoms with Crippen molar-refractivity contribution >= 4 is 5.65 Å². The smallest absolute Gasteiger partial charge is 0.218 e. The number of piperidine rings is 1. The Hall–Kier alpha value is -2.51. The van der Waals surface area contributed by atoms with Gasteiger partial charge in [0.1, 0.15) is 11.9 Å². The Balaban J connectivity index is 1.82. The van der Waals surface area contributed by atoms with Crippen LogP contribution in [0.5, 0.6) is 5.88 Å². The molecule has 0 aliphatic carbocycles. The predicted molar refractivity (Wildman–Crippen MR) is 115 cm³/mol. The molecule has 1 fully saturated rings. The normalized spacial score (nSPS) is 16.1. The van der Waals surface area contributed by atoms with E-state index in [1.165, 1.54) is 12.1 Å². The summed E-state index contributed by atoms with van der Waals surface area (Å²) in [5.74, 6) is 0.777. The summed E-state index contributed by atoms with van der Waals surface area (Å²) < 4.78 is 27.0. The number of rotatable bonds is 7. The second-order valence-electron chi connectivity index (χ2n) is 7.83. The average Bonchev–Trinajstić information content (AvgIpc) is 3.09. The molecule has 2 aromatic heterocycles. The number of aromatic nitrogens is 3. The van der Waals surface area contributed by atoms with Crippen molar-refractivity contribution in [2.45, 2.75) is 45.6 Å². The van der Waals surface area contributed by atoms with E-state index in [1.807, 2.05) is 26.8 Å². The van der Waals surface area contributed by atoms with E-state index in [0.29, 0.717) is 25.0 Å². The second-order valence-corrected chi connectivity index (χ2v) is 7.83. The Morgan fingerprint density at radius 3 is 2.67 bits per heavy atom. The zero-order chi connectivity index (χ0) is 21.1. The third-order valence-corrected chi connectivity index (χ3v) is 5.52. The minimum atomic E-state index is -0.259. The van der Waals surface area contributed by atoms with Crippen LogP contribution < -0.4 is 10.1 Å². The van der Waals surface area contributed by atoms with Crippen LogP contribution in [0.25, 0.3) is 16.8 Å². The minimum absolute atomic E-state index is 0.116. The van der Waals surface area contributed by atoms with Crippen molar-refractivity contribution in [3.8, 4) is 17.0 Å². The molecule has 4 rings (SSSR count). The summed E-state index contributed by atoms with van der Waals surface area (Å²) in [7, 11) is 0. The number of aryl methyl sites for hydroxylation is 1. The molecule has 0 amide bonds. The predicted octanol–water partition coefficient (Wildman–Crippen LogP) is 4.11. The second kappa shape index (κ2) is 9.10. The van der Waals surface area contributed by atoms with Gasteiger partial charge >= 0.3 is 0 Å². The van der Waals surface area contributed by atoms with E-state index in [-0.39, 0.29) is 11.9 Å². The Morgan fingerprint density at radius 2 is 1.97 bits per heavy atom. The maximum atomic E-state index is 13.5. The number of halogens is 1. The number of benzene rings is 1. The van der Waals surface area contributed by atoms with E-state index in [2.05, 4.69) is 5.32 Å². The van der Waals surface area contributed by atoms with Gasteiger partial charge in [0.15, 0.2) is 5.65 Å². The van der Waals surface area contributed by atoms with Gasteiger partial charge in [-0.1, -0.05) is 12.1 Å². The van der Waals surface area contributed by atoms with E-state index < -0.39 is 0 Å². The van der Waals surface area contributed by atoms with Gasteiger partial charge in [-0.2, -0.15) is 9.61 Å². The van der Waals surface area contributed by atoms with Crippen LogP contribution in [0.2, 0.25) is 0 Å². The molecule has 0 bridgehead atoms. The summed E-state index contributed by atoms with van der Waals surface area (Å²) in [6.45, 7) is 9.03. The van der Waals surface area contributed by atoms with Crippen molar-refractivity contribution in [1.82, 2.24) is 19.9 Å². The highest BCUT2D eigenvalue weighted by atomic mass is 19.1. The van der Waals surface area contributed by atoms with E-state index in [1.54, 1.807) is 16.6 Å². The zero-order valence-electron chi connectivity index (χ0n) is 17.8. The van der Waals surface area contributed by atoms with Crippen LogP contribution in [0.4, 0.5) is 4.39 Å². The molecule has 1 aliphatic rings. The number of nitrogens with one attached hydrogen (secondary N) is 1. The molecule has 1 atom stereocenters. The summed E-state index contributed by atoms with van der Waals surface area (Å²) in [5.41, 5.74) is 4.40. The van der Waals surface area contributed by atoms with Gasteiger partial charge in [-0.05, 0) is 64.4 Å². The van der Waals surface area contributed by atoms with Crippen molar-refractivity contribution in [2.75, 3.05) is 26.3 Å². The summed E-state index contributed by atoms with van der Waals surface area (Å²) in [4.78, 5) is 5.02. The van der Waals surface area contributed by atoms with Gasteiger partial charge in [-0.25, -0.2) is 9.37 Å². The standard InChI is InChI=1S/C23H29FN4O2/c1-4-29-14-15(2)30-21-13-20(17-9-11-25-12-10-17)26-23-22(16(3)27-28(21)23)18-5-7-19(24)8-6-18/h5-8,13,15,17,25H,4,9-12,14H2,1-3H3. The van der Waals surface area contributed by atoms with Gasteiger partial charge in [0.2, 0.25) is 5.88 Å². The van der Waals surface area contributed by atoms with Crippen LogP contribution in [0.1, 0.15) is 44.0 Å². The quantitative estimate of drug-likeness (QED) is 0.633. The highest BCUT2D eigenvalue weighted by molar-refractivity contribution is 5.80. The van der Waals surface area contributed by atoms with Crippen molar-refractivity contribution in [2.24, 2.45) is 0 Å². The van der Waals surface area contributed by atoms with Gasteiger partial charge in [0, 0.05) is 24.2 Å². The van der Waals surface area contributed by atoms with Crippen LogP contribution >= 0.6 is 0 Å². The number of ether oxygens (including phenoxy) is 2. The van der Waals surface area contributed by atoms with Gasteiger partial charge in [0.05, 0.1) is 18.0 Å². The third-order valence-electron chi connectivity index (χ3n) is 5.52. The number of nitrogens with zero attached hydrogens (tertiary/aromatic N) is 3. The first-order valence-electron chi connectivity index (χ1n) is 10.7. The van der Waals surface area contributed by atoms with Crippen LogP contribution in [-0.2, 0) is 4.74 Å². The Kier molecular flexibility index (Phi) is 6.29. The van der Waals surface area contributed by atoms with E-state index in [9.17, 15) is 4.39 Å². The van der Waals surface area contributed by atoms with Crippen LogP contribution in [0.3, 0.4) is 0 Å². The lowest BCUT2D eigenvalue weighted by atomic mass is 9.94. The molecule has 160 valence electrons. The summed E-state index contributed by atoms with van der Waals surface area (Å²) in [6.07, 6.45) is 1.96. The van der Waals surface area contributed by atoms with Crippen molar-refractivity contribution in [3.05, 3.63) is 47.5 Å². The SMILES string of the molecule is CCOCC(C)Oc1cc(C2CCNCC2)nc2c(-c3ccc(F)cc3)c(C)nn12. The third kappa shape index (κ3) is 4.32. The minimum Gasteiger partial charge on any atom is -0.472 e. The highest BCUT2D eigenvalue weighted by Gasteiger charge is 2.23. The zero-order valence-corrected chi connectivity index (χ0v) is 17.8. The first-order chi connectivity index (χ1) is 14.6. The first kappa shape index (κ1) is 20.8. The molecule has 0 radical (unpaired) electrons. The molecule has 1 aliphatic heterocycles. The maximum Gasteiger partial charge on any atom is 0.218 e. The van der Waals surface area contributed by atoms with Gasteiger partial charge < -0.3 is 14.8 Å². The molecule has 0 saturated carbocycles. The Labute approximate surface area is 176 Å². The van der Waals surface area contributed by atoms with Gasteiger partial charge in [-0.15, -0.1) is 0 Å². The lowest BCUT2D eigenvalue weighted by molar-refractivity contribution is 0.0619. The Morgan fingerprint density at radius 1 is 1.23 bits per heavy atom. The average molecular weight is 413 g/mol. The fourth-order valence-corrected chi connectivity index (χ4v) is 4.00. The lowest BCUT2D eigenvalue weighted by Crippen LogP contribution is -2.27. The van der Waals surface area contributed by atoms with E-state index in [4.69, 9.17) is 19.6 Å². The molecule has 0 spiro atoms. The Bertz CT molecular complexity index is 997. The van der Waals surface area contributed by atoms with Crippen LogP contribution in [0.15, 0.2) is 30.3 Å². The molecular formula is C23H29FN4O2. The molecule has 1 unspecified atom stereocenters. The number of fused-ring (bicyclic) bond motifs is 1. The largest absolute Gasteiger partial charge is 0.472 e. The number of hydrogen-bond donors (Lipinski definition) is 1. The molecule has 3 heterocycles. The topological polar surface area (TPSA) is 60.7 Å². The van der Waals surface area contributed by atoms with E-state index in [0.717, 1.165) is 54.1 Å². The lowest BCUT2D eigenvalue weighted by Gasteiger charge is -2.23. The van der Waals surface area contributed by atoms with Crippen LogP contribution in [-0.4, -0.2) is 47.0 Å². The maximum absolute atomic E-state index is 13.5. The van der Waals surface area contributed by atoms with E-state index >= 15 is 0 Å². The molecule has 30 heavy (non-hydrogen) atoms. The van der Waals surface area contributed by atoms with Crippen molar-refractivity contribution in [3.63, 3.8) is 0 Å². The van der Waals surface area contributed by atoms with Crippen LogP contribution in [0, 0.1) is 12.7 Å². The van der Waals surface area contributed by atoms with Crippen molar-refractivity contribution in [1.29, 1.82) is 0 Å². The summed E-state index contributed by atoms with van der Waals surface area (Å²) in [5, 5.41) is 8.12. The highest BCUT2D eigenvalue weighted by Crippen LogP contribution is 2.33. The molecular weight excluding hydrogens is 383 g/mol. The van der Waals surface area contributed by atoms with Gasteiger partial charge in [-0.3, -0.25) is 0 Å². The summed E-state index contributed by atoms with van der Waals surface area (Å²) in [6, 6.07) is 8.51. The fraction of sp³-hybridized carbons (Fsp3) is 0.478. The molecule has 7 heteroatoms. The molecule has 3 aromatic rings. The number of hydrogen-bond acceptors (Lipinski definition) is 5. The molecule has 6 nitrogen and oxygen atoms in total. The first-order valence-corrected chi connectivity index (χ1v) is 10.7.